The number of esters is 2. The van der Waals surface area contributed by atoms with Crippen molar-refractivity contribution in [1.29, 1.82) is 0 Å². The average molecular weight is 684 g/mol. The van der Waals surface area contributed by atoms with E-state index in [2.05, 4.69) is 37.1 Å². The van der Waals surface area contributed by atoms with Crippen molar-refractivity contribution >= 4 is 51.7 Å². The SMILES string of the molecule is CCOC(=O)COc1c(Br)cc(Cl)cc1/C=N/N[C@H](O)COc1ccc([C@@H]2NC(=O)NC(C)=C2C(=O)OC)cc1OCC. The van der Waals surface area contributed by atoms with Crippen LogP contribution in [-0.2, 0) is 19.1 Å². The zero-order chi connectivity index (χ0) is 31.5. The lowest BCUT2D eigenvalue weighted by molar-refractivity contribution is -0.145. The van der Waals surface area contributed by atoms with Crippen LogP contribution in [0.5, 0.6) is 17.2 Å². The van der Waals surface area contributed by atoms with Crippen LogP contribution >= 0.6 is 27.5 Å². The molecule has 0 bridgehead atoms. The second-order valence-electron chi connectivity index (χ2n) is 8.81. The van der Waals surface area contributed by atoms with Gasteiger partial charge in [0.05, 0.1) is 42.6 Å². The second-order valence-corrected chi connectivity index (χ2v) is 10.1. The highest BCUT2D eigenvalue weighted by Gasteiger charge is 2.32. The van der Waals surface area contributed by atoms with Gasteiger partial charge in [-0.15, -0.1) is 0 Å². The zero-order valence-electron chi connectivity index (χ0n) is 23.9. The summed E-state index contributed by atoms with van der Waals surface area (Å²) >= 11 is 9.50. The van der Waals surface area contributed by atoms with E-state index in [9.17, 15) is 19.5 Å². The molecule has 2 aromatic rings. The van der Waals surface area contributed by atoms with Gasteiger partial charge in [0.25, 0.3) is 0 Å². The maximum absolute atomic E-state index is 12.4. The predicted octanol–water partition coefficient (Wildman–Crippen LogP) is 3.56. The Morgan fingerprint density at radius 3 is 2.63 bits per heavy atom. The molecule has 2 amide bonds. The number of hydrogen-bond acceptors (Lipinski definition) is 11. The maximum Gasteiger partial charge on any atom is 0.344 e. The Morgan fingerprint density at radius 1 is 1.16 bits per heavy atom. The monoisotopic (exact) mass is 682 g/mol. The lowest BCUT2D eigenvalue weighted by Gasteiger charge is -2.28. The van der Waals surface area contributed by atoms with E-state index < -0.39 is 30.2 Å². The summed E-state index contributed by atoms with van der Waals surface area (Å²) in [5.74, 6) is -0.179. The summed E-state index contributed by atoms with van der Waals surface area (Å²) in [6.07, 6.45) is 0.125. The topological polar surface area (TPSA) is 166 Å². The zero-order valence-corrected chi connectivity index (χ0v) is 26.2. The van der Waals surface area contributed by atoms with E-state index in [-0.39, 0.29) is 25.4 Å². The van der Waals surface area contributed by atoms with Crippen LogP contribution in [0.25, 0.3) is 0 Å². The van der Waals surface area contributed by atoms with Crippen LogP contribution in [0.4, 0.5) is 4.79 Å². The number of benzene rings is 2. The number of halogens is 2. The molecule has 2 aromatic carbocycles. The first kappa shape index (κ1) is 33.5. The number of carbonyl (C=O) groups is 3. The number of amides is 2. The summed E-state index contributed by atoms with van der Waals surface area (Å²) in [5.41, 5.74) is 4.15. The molecule has 0 aliphatic carbocycles. The minimum atomic E-state index is -1.24. The normalized spacial score (nSPS) is 15.3. The van der Waals surface area contributed by atoms with Crippen LogP contribution in [0.3, 0.4) is 0 Å². The van der Waals surface area contributed by atoms with Crippen molar-refractivity contribution in [3.05, 3.63) is 62.2 Å². The van der Waals surface area contributed by atoms with Crippen LogP contribution in [0.2, 0.25) is 5.02 Å². The maximum atomic E-state index is 12.4. The number of ether oxygens (including phenoxy) is 5. The summed E-state index contributed by atoms with van der Waals surface area (Å²) in [7, 11) is 1.26. The van der Waals surface area contributed by atoms with Crippen molar-refractivity contribution in [2.75, 3.05) is 33.5 Å². The predicted molar refractivity (Wildman–Crippen MR) is 160 cm³/mol. The number of nitrogens with one attached hydrogen (secondary N) is 3. The van der Waals surface area contributed by atoms with Crippen molar-refractivity contribution in [2.24, 2.45) is 5.10 Å². The van der Waals surface area contributed by atoms with Gasteiger partial charge < -0.3 is 39.4 Å². The third-order valence-corrected chi connectivity index (χ3v) is 6.58. The number of rotatable bonds is 14. The van der Waals surface area contributed by atoms with Crippen LogP contribution < -0.4 is 30.3 Å². The molecule has 2 atom stereocenters. The van der Waals surface area contributed by atoms with Gasteiger partial charge in [-0.25, -0.2) is 14.4 Å². The highest BCUT2D eigenvalue weighted by Crippen LogP contribution is 2.35. The van der Waals surface area contributed by atoms with E-state index in [0.717, 1.165) is 0 Å². The molecule has 0 radical (unpaired) electrons. The molecule has 0 spiro atoms. The molecule has 0 aromatic heterocycles. The first-order valence-corrected chi connectivity index (χ1v) is 14.2. The molecule has 3 rings (SSSR count). The van der Waals surface area contributed by atoms with Crippen LogP contribution in [0.15, 0.2) is 51.2 Å². The van der Waals surface area contributed by atoms with Crippen molar-refractivity contribution in [3.63, 3.8) is 0 Å². The van der Waals surface area contributed by atoms with Gasteiger partial charge >= 0.3 is 18.0 Å². The first-order valence-electron chi connectivity index (χ1n) is 13.1. The quantitative estimate of drug-likeness (QED) is 0.100. The Hall–Kier alpha value is -4.01. The highest BCUT2D eigenvalue weighted by atomic mass is 79.9. The number of hydrazone groups is 1. The molecule has 232 valence electrons. The minimum absolute atomic E-state index is 0.223. The van der Waals surface area contributed by atoms with E-state index >= 15 is 0 Å². The summed E-state index contributed by atoms with van der Waals surface area (Å²) in [6, 6.07) is 6.83. The molecule has 4 N–H and O–H groups in total. The molecule has 1 aliphatic rings. The van der Waals surface area contributed by atoms with Gasteiger partial charge in [-0.1, -0.05) is 17.7 Å². The van der Waals surface area contributed by atoms with Gasteiger partial charge in [0.15, 0.2) is 24.3 Å². The molecule has 0 unspecified atom stereocenters. The molecule has 0 fully saturated rings. The van der Waals surface area contributed by atoms with Crippen molar-refractivity contribution in [1.82, 2.24) is 16.1 Å². The largest absolute Gasteiger partial charge is 0.490 e. The summed E-state index contributed by atoms with van der Waals surface area (Å²) < 4.78 is 27.3. The summed E-state index contributed by atoms with van der Waals surface area (Å²) in [5, 5.41) is 20.1. The minimum Gasteiger partial charge on any atom is -0.490 e. The first-order chi connectivity index (χ1) is 20.6. The smallest absolute Gasteiger partial charge is 0.344 e. The Bertz CT molecular complexity index is 1400. The van der Waals surface area contributed by atoms with Crippen molar-refractivity contribution < 1.29 is 43.2 Å². The summed E-state index contributed by atoms with van der Waals surface area (Å²) in [4.78, 5) is 36.3. The molecule has 43 heavy (non-hydrogen) atoms. The van der Waals surface area contributed by atoms with Gasteiger partial charge in [0, 0.05) is 16.3 Å². The van der Waals surface area contributed by atoms with Gasteiger partial charge in [0.2, 0.25) is 0 Å². The van der Waals surface area contributed by atoms with Crippen molar-refractivity contribution in [2.45, 2.75) is 33.0 Å². The number of urea groups is 1. The molecule has 1 heterocycles. The van der Waals surface area contributed by atoms with Gasteiger partial charge in [0.1, 0.15) is 12.4 Å². The lowest BCUT2D eigenvalue weighted by atomic mass is 9.95. The van der Waals surface area contributed by atoms with Gasteiger partial charge in [-0.05, 0) is 66.5 Å². The molecule has 0 saturated carbocycles. The van der Waals surface area contributed by atoms with Crippen LogP contribution in [-0.4, -0.2) is 69.1 Å². The van der Waals surface area contributed by atoms with Crippen LogP contribution in [0.1, 0.15) is 37.9 Å². The highest BCUT2D eigenvalue weighted by molar-refractivity contribution is 9.10. The van der Waals surface area contributed by atoms with Gasteiger partial charge in [-0.3, -0.25) is 5.43 Å². The van der Waals surface area contributed by atoms with E-state index in [1.807, 2.05) is 0 Å². The van der Waals surface area contributed by atoms with Crippen molar-refractivity contribution in [3.8, 4) is 17.2 Å². The molecular formula is C28H32BrClN4O9. The molecule has 0 saturated heterocycles. The average Bonchev–Trinajstić information content (AvgIpc) is 2.95. The van der Waals surface area contributed by atoms with E-state index in [1.165, 1.54) is 13.3 Å². The number of aliphatic hydroxyl groups is 1. The molecule has 1 aliphatic heterocycles. The molecular weight excluding hydrogens is 652 g/mol. The van der Waals surface area contributed by atoms with Crippen LogP contribution in [0, 0.1) is 0 Å². The van der Waals surface area contributed by atoms with Gasteiger partial charge in [-0.2, -0.15) is 5.10 Å². The molecule has 13 nitrogen and oxygen atoms in total. The number of nitrogens with zero attached hydrogens (tertiary/aromatic N) is 1. The number of allylic oxidation sites excluding steroid dienone is 1. The second kappa shape index (κ2) is 16.0. The fourth-order valence-electron chi connectivity index (χ4n) is 3.98. The fourth-order valence-corrected chi connectivity index (χ4v) is 4.93. The lowest BCUT2D eigenvalue weighted by Crippen LogP contribution is -2.45. The summed E-state index contributed by atoms with van der Waals surface area (Å²) in [6.45, 7) is 5.08. The number of carbonyl (C=O) groups excluding carboxylic acids is 3. The third-order valence-electron chi connectivity index (χ3n) is 5.78. The third kappa shape index (κ3) is 9.24. The standard InChI is InChI=1S/C28H32BrClN4O9/c1-5-40-21-10-16(25-24(27(37)39-4)15(3)32-28(38)33-25)7-8-20(21)42-13-22(35)34-31-12-17-9-18(30)11-19(29)26(17)43-14-23(36)41-6-2/h7-12,22,25,34-35H,5-6,13-14H2,1-4H3,(H2,32,33,38)/b31-12+/t22-,25+/m1/s1. The fraction of sp³-hybridized carbons (Fsp3) is 0.357. The Kier molecular flexibility index (Phi) is 12.5. The number of hydrogen-bond donors (Lipinski definition) is 4. The number of aliphatic hydroxyl groups excluding tert-OH is 1. The van der Waals surface area contributed by atoms with E-state index in [4.69, 9.17) is 35.3 Å². The number of methoxy groups -OCH3 is 1. The Balaban J connectivity index is 1.70. The molecule has 15 heteroatoms. The van der Waals surface area contributed by atoms with E-state index in [0.29, 0.717) is 50.2 Å². The Labute approximate surface area is 261 Å². The Morgan fingerprint density at radius 2 is 1.93 bits per heavy atom. The van der Waals surface area contributed by atoms with E-state index in [1.54, 1.807) is 51.1 Å².